The minimum atomic E-state index is -0.746. The Morgan fingerprint density at radius 2 is 1.92 bits per heavy atom. The summed E-state index contributed by atoms with van der Waals surface area (Å²) in [6.07, 6.45) is 2.84. The van der Waals surface area contributed by atoms with E-state index in [0.717, 1.165) is 29.3 Å². The topological polar surface area (TPSA) is 118 Å². The number of rotatable bonds is 7. The lowest BCUT2D eigenvalue weighted by molar-refractivity contribution is -0.133. The van der Waals surface area contributed by atoms with Crippen molar-refractivity contribution in [2.45, 2.75) is 44.7 Å². The van der Waals surface area contributed by atoms with Gasteiger partial charge >= 0.3 is 0 Å². The zero-order chi connectivity index (χ0) is 25.2. The van der Waals surface area contributed by atoms with Crippen molar-refractivity contribution < 1.29 is 14.4 Å². The molecule has 1 aromatic heterocycles. The number of hydrogen-bond donors (Lipinski definition) is 3. The van der Waals surface area contributed by atoms with Crippen molar-refractivity contribution in [1.82, 2.24) is 15.2 Å². The summed E-state index contributed by atoms with van der Waals surface area (Å²) in [4.78, 5) is 44.2. The van der Waals surface area contributed by atoms with Gasteiger partial charge < -0.3 is 20.5 Å². The number of aryl methyl sites for hydroxylation is 1. The number of nitriles is 1. The molecule has 3 aromatic rings. The standard InChI is InChI=1S/C28H29N5O3/c1-17-6-5-9-23-22(17)14-24(31-23)27(35)32-25(12-18-10-11-18)28(36)33-16-19(13-21(33)15-29)26(34)30-20-7-3-2-4-8-20/h2-9,14,18-19,21,25,31H,10-13,16H2,1H3,(H,30,34)(H,32,35). The van der Waals surface area contributed by atoms with E-state index >= 15 is 0 Å². The molecule has 8 nitrogen and oxygen atoms in total. The van der Waals surface area contributed by atoms with E-state index in [0.29, 0.717) is 23.7 Å². The van der Waals surface area contributed by atoms with Gasteiger partial charge in [0, 0.05) is 23.1 Å². The SMILES string of the molecule is Cc1cccc2[nH]c(C(=O)NC(CC3CC3)C(=O)N3CC(C(=O)Nc4ccccc4)CC3C#N)cc12. The van der Waals surface area contributed by atoms with Crippen molar-refractivity contribution in [3.05, 3.63) is 65.9 Å². The molecule has 3 N–H and O–H groups in total. The van der Waals surface area contributed by atoms with Crippen LogP contribution in [0.4, 0.5) is 5.69 Å². The third-order valence-corrected chi connectivity index (χ3v) is 7.14. The van der Waals surface area contributed by atoms with Gasteiger partial charge in [-0.2, -0.15) is 5.26 Å². The molecule has 1 saturated heterocycles. The van der Waals surface area contributed by atoms with Gasteiger partial charge in [-0.05, 0) is 55.5 Å². The molecule has 1 aliphatic carbocycles. The summed E-state index contributed by atoms with van der Waals surface area (Å²) in [5.41, 5.74) is 2.99. The fourth-order valence-electron chi connectivity index (χ4n) is 4.93. The van der Waals surface area contributed by atoms with Crippen LogP contribution in [0.2, 0.25) is 0 Å². The Morgan fingerprint density at radius 1 is 1.14 bits per heavy atom. The molecule has 2 fully saturated rings. The number of amides is 3. The predicted molar refractivity (Wildman–Crippen MR) is 136 cm³/mol. The molecule has 3 unspecified atom stereocenters. The number of nitrogens with zero attached hydrogens (tertiary/aromatic N) is 2. The highest BCUT2D eigenvalue weighted by molar-refractivity contribution is 6.01. The van der Waals surface area contributed by atoms with E-state index in [1.807, 2.05) is 43.3 Å². The first kappa shape index (κ1) is 23.6. The van der Waals surface area contributed by atoms with Gasteiger partial charge in [0.15, 0.2) is 0 Å². The van der Waals surface area contributed by atoms with Crippen LogP contribution in [0, 0.1) is 30.1 Å². The summed E-state index contributed by atoms with van der Waals surface area (Å²) >= 11 is 0. The summed E-state index contributed by atoms with van der Waals surface area (Å²) in [6.45, 7) is 2.13. The monoisotopic (exact) mass is 483 g/mol. The molecule has 3 amide bonds. The Bertz CT molecular complexity index is 1340. The summed E-state index contributed by atoms with van der Waals surface area (Å²) < 4.78 is 0. The highest BCUT2D eigenvalue weighted by atomic mass is 16.2. The molecule has 8 heteroatoms. The Morgan fingerprint density at radius 3 is 2.61 bits per heavy atom. The smallest absolute Gasteiger partial charge is 0.268 e. The van der Waals surface area contributed by atoms with Crippen LogP contribution in [0.3, 0.4) is 0 Å². The van der Waals surface area contributed by atoms with E-state index in [1.54, 1.807) is 18.2 Å². The quantitative estimate of drug-likeness (QED) is 0.474. The molecule has 5 rings (SSSR count). The van der Waals surface area contributed by atoms with Gasteiger partial charge in [0.1, 0.15) is 17.8 Å². The average Bonchev–Trinajstić information content (AvgIpc) is 3.40. The molecule has 1 saturated carbocycles. The van der Waals surface area contributed by atoms with Crippen LogP contribution in [0.1, 0.15) is 41.7 Å². The van der Waals surface area contributed by atoms with Gasteiger partial charge in [0.05, 0.1) is 12.0 Å². The Kier molecular flexibility index (Phi) is 6.47. The molecule has 0 radical (unpaired) electrons. The van der Waals surface area contributed by atoms with Gasteiger partial charge in [-0.1, -0.05) is 43.2 Å². The van der Waals surface area contributed by atoms with E-state index in [9.17, 15) is 19.6 Å². The molecule has 2 heterocycles. The van der Waals surface area contributed by atoms with Crippen molar-refractivity contribution in [2.75, 3.05) is 11.9 Å². The second-order valence-corrected chi connectivity index (χ2v) is 9.85. The third kappa shape index (κ3) is 4.96. The maximum absolute atomic E-state index is 13.6. The molecule has 36 heavy (non-hydrogen) atoms. The number of fused-ring (bicyclic) bond motifs is 1. The lowest BCUT2D eigenvalue weighted by atomic mass is 10.1. The molecular weight excluding hydrogens is 454 g/mol. The number of benzene rings is 2. The van der Waals surface area contributed by atoms with E-state index in [4.69, 9.17) is 0 Å². The summed E-state index contributed by atoms with van der Waals surface area (Å²) in [5, 5.41) is 16.5. The van der Waals surface area contributed by atoms with Crippen LogP contribution in [0.25, 0.3) is 10.9 Å². The molecule has 1 aliphatic heterocycles. The average molecular weight is 484 g/mol. The number of para-hydroxylation sites is 1. The second kappa shape index (κ2) is 9.86. The molecule has 2 aromatic carbocycles. The molecule has 184 valence electrons. The Balaban J connectivity index is 1.30. The maximum Gasteiger partial charge on any atom is 0.268 e. The number of carbonyl (C=O) groups excluding carboxylic acids is 3. The highest BCUT2D eigenvalue weighted by Crippen LogP contribution is 2.35. The van der Waals surface area contributed by atoms with Gasteiger partial charge in [-0.3, -0.25) is 14.4 Å². The van der Waals surface area contributed by atoms with Crippen molar-refractivity contribution in [3.63, 3.8) is 0 Å². The van der Waals surface area contributed by atoms with Crippen molar-refractivity contribution in [1.29, 1.82) is 5.26 Å². The van der Waals surface area contributed by atoms with Crippen LogP contribution in [0.15, 0.2) is 54.6 Å². The lowest BCUT2D eigenvalue weighted by Gasteiger charge is -2.26. The molecule has 3 atom stereocenters. The number of aromatic nitrogens is 1. The van der Waals surface area contributed by atoms with Crippen molar-refractivity contribution >= 4 is 34.3 Å². The number of H-pyrrole nitrogens is 1. The zero-order valence-electron chi connectivity index (χ0n) is 20.2. The van der Waals surface area contributed by atoms with E-state index in [1.165, 1.54) is 4.90 Å². The summed E-state index contributed by atoms with van der Waals surface area (Å²) in [7, 11) is 0. The molecular formula is C28H29N5O3. The number of hydrogen-bond acceptors (Lipinski definition) is 4. The van der Waals surface area contributed by atoms with E-state index < -0.39 is 18.0 Å². The number of likely N-dealkylation sites (tertiary alicyclic amines) is 1. The number of carbonyl (C=O) groups is 3. The first-order valence-electron chi connectivity index (χ1n) is 12.4. The van der Waals surface area contributed by atoms with Crippen LogP contribution >= 0.6 is 0 Å². The van der Waals surface area contributed by atoms with E-state index in [-0.39, 0.29) is 30.7 Å². The largest absolute Gasteiger partial charge is 0.351 e. The first-order valence-corrected chi connectivity index (χ1v) is 12.4. The predicted octanol–water partition coefficient (Wildman–Crippen LogP) is 3.75. The van der Waals surface area contributed by atoms with Gasteiger partial charge in [-0.15, -0.1) is 0 Å². The Labute approximate surface area is 209 Å². The Hall–Kier alpha value is -4.12. The zero-order valence-corrected chi connectivity index (χ0v) is 20.2. The highest BCUT2D eigenvalue weighted by Gasteiger charge is 2.42. The summed E-state index contributed by atoms with van der Waals surface area (Å²) in [6, 6.07) is 17.5. The van der Waals surface area contributed by atoms with Gasteiger partial charge in [0.2, 0.25) is 11.8 Å². The lowest BCUT2D eigenvalue weighted by Crippen LogP contribution is -2.50. The van der Waals surface area contributed by atoms with Crippen molar-refractivity contribution in [2.24, 2.45) is 11.8 Å². The molecule has 0 spiro atoms. The van der Waals surface area contributed by atoms with Gasteiger partial charge in [-0.25, -0.2) is 0 Å². The minimum Gasteiger partial charge on any atom is -0.351 e. The van der Waals surface area contributed by atoms with Crippen LogP contribution in [-0.2, 0) is 9.59 Å². The fraction of sp³-hybridized carbons (Fsp3) is 0.357. The van der Waals surface area contributed by atoms with Crippen LogP contribution in [-0.4, -0.2) is 46.2 Å². The molecule has 0 bridgehead atoms. The third-order valence-electron chi connectivity index (χ3n) is 7.14. The van der Waals surface area contributed by atoms with Gasteiger partial charge in [0.25, 0.3) is 5.91 Å². The first-order chi connectivity index (χ1) is 17.4. The summed E-state index contributed by atoms with van der Waals surface area (Å²) in [5.74, 6) is -0.981. The number of anilines is 1. The normalized spacial score (nSPS) is 20.1. The number of nitrogens with one attached hydrogen (secondary N) is 3. The minimum absolute atomic E-state index is 0.151. The number of aromatic amines is 1. The maximum atomic E-state index is 13.6. The molecule has 2 aliphatic rings. The van der Waals surface area contributed by atoms with Crippen LogP contribution < -0.4 is 10.6 Å². The fourth-order valence-corrected chi connectivity index (χ4v) is 4.93. The van der Waals surface area contributed by atoms with Crippen molar-refractivity contribution in [3.8, 4) is 6.07 Å². The van der Waals surface area contributed by atoms with Crippen LogP contribution in [0.5, 0.6) is 0 Å². The second-order valence-electron chi connectivity index (χ2n) is 9.85. The van der Waals surface area contributed by atoms with E-state index in [2.05, 4.69) is 21.7 Å².